The van der Waals surface area contributed by atoms with Crippen LogP contribution in [0.4, 0.5) is 0 Å². The molecule has 0 atom stereocenters. The fraction of sp³-hybridized carbons (Fsp3) is 0. The third-order valence-corrected chi connectivity index (χ3v) is 7.44. The molecule has 0 bridgehead atoms. The number of halogens is 2. The Kier molecular flexibility index (Phi) is 3.96. The first kappa shape index (κ1) is 21.1. The molecule has 7 aromatic rings. The Labute approximate surface area is 213 Å². The lowest BCUT2D eigenvalue weighted by atomic mass is 10.1. The molecule has 4 heterocycles. The molecule has 12 heteroatoms. The second-order valence-corrected chi connectivity index (χ2v) is 10.2. The molecule has 0 aliphatic rings. The van der Waals surface area contributed by atoms with Crippen LogP contribution >= 0.6 is 31.9 Å². The fourth-order valence-corrected chi connectivity index (χ4v) is 5.57. The topological polar surface area (TPSA) is 151 Å². The van der Waals surface area contributed by atoms with Crippen molar-refractivity contribution in [1.29, 1.82) is 10.8 Å². The molecule has 0 spiro atoms. The van der Waals surface area contributed by atoms with E-state index in [1.807, 2.05) is 0 Å². The number of aromatic nitrogens is 4. The van der Waals surface area contributed by atoms with E-state index in [2.05, 4.69) is 41.8 Å². The number of hydrogen-bond donors (Lipinski definition) is 2. The van der Waals surface area contributed by atoms with Crippen molar-refractivity contribution in [2.24, 2.45) is 0 Å². The first-order valence-electron chi connectivity index (χ1n) is 10.4. The molecule has 0 radical (unpaired) electrons. The zero-order valence-electron chi connectivity index (χ0n) is 17.6. The highest BCUT2D eigenvalue weighted by atomic mass is 79.9. The highest BCUT2D eigenvalue weighted by Gasteiger charge is 2.24. The zero-order valence-corrected chi connectivity index (χ0v) is 20.8. The minimum absolute atomic E-state index is 0.0314. The third kappa shape index (κ3) is 2.39. The van der Waals surface area contributed by atoms with Gasteiger partial charge in [-0.2, -0.15) is 0 Å². The molecule has 4 aromatic heterocycles. The van der Waals surface area contributed by atoms with Gasteiger partial charge in [0.05, 0.1) is 0 Å². The molecule has 0 aliphatic heterocycles. The lowest BCUT2D eigenvalue weighted by Crippen LogP contribution is -2.34. The number of fused-ring (bicyclic) bond motifs is 8. The van der Waals surface area contributed by atoms with Crippen molar-refractivity contribution in [2.45, 2.75) is 0 Å². The summed E-state index contributed by atoms with van der Waals surface area (Å²) < 4.78 is 3.30. The Bertz CT molecular complexity index is 2350. The van der Waals surface area contributed by atoms with Gasteiger partial charge in [0.15, 0.2) is 0 Å². The SMILES string of the molecule is N=c1c2ccc(Br)cc2c2nc3c(=O)c4c(=O)n5c(=N)c6ccc(Br)cc6c5nc4c(=O)c3c(=O)n12. The Morgan fingerprint density at radius 3 is 1.39 bits per heavy atom. The summed E-state index contributed by atoms with van der Waals surface area (Å²) in [5.74, 6) is 0. The molecule has 36 heavy (non-hydrogen) atoms. The summed E-state index contributed by atoms with van der Waals surface area (Å²) in [5, 5.41) is 17.6. The van der Waals surface area contributed by atoms with Gasteiger partial charge in [0.25, 0.3) is 11.1 Å². The predicted molar refractivity (Wildman–Crippen MR) is 140 cm³/mol. The van der Waals surface area contributed by atoms with Gasteiger partial charge in [0.1, 0.15) is 44.1 Å². The Morgan fingerprint density at radius 2 is 1.00 bits per heavy atom. The van der Waals surface area contributed by atoms with E-state index in [9.17, 15) is 19.2 Å². The standard InChI is InChI=1S/C24H8Br2N6O4/c25-7-1-3-9-11(5-7)21-29-15-13(23(35)31(21)19(9)27)17(33)16-14(18(15)34)24(36)32-20(28)10-4-2-8(26)6-12(10)22(32)30-16/h1-6,27-28H. The number of benzene rings is 3. The molecule has 0 saturated heterocycles. The van der Waals surface area contributed by atoms with Crippen molar-refractivity contribution in [3.63, 3.8) is 0 Å². The molecular formula is C24H8Br2N6O4. The second-order valence-electron chi connectivity index (χ2n) is 8.33. The lowest BCUT2D eigenvalue weighted by Gasteiger charge is -2.02. The molecular weight excluding hydrogens is 596 g/mol. The monoisotopic (exact) mass is 602 g/mol. The summed E-state index contributed by atoms with van der Waals surface area (Å²) in [7, 11) is 0. The first-order chi connectivity index (χ1) is 17.2. The van der Waals surface area contributed by atoms with Crippen LogP contribution in [0.1, 0.15) is 0 Å². The molecule has 0 unspecified atom stereocenters. The Hall–Kier alpha value is -4.16. The minimum atomic E-state index is -0.923. The minimum Gasteiger partial charge on any atom is -0.287 e. The lowest BCUT2D eigenvalue weighted by molar-refractivity contribution is 0.990. The van der Waals surface area contributed by atoms with Crippen molar-refractivity contribution in [2.75, 3.05) is 0 Å². The molecule has 172 valence electrons. The molecule has 2 N–H and O–H groups in total. The average Bonchev–Trinajstić information content (AvgIpc) is 3.28. The quantitative estimate of drug-likeness (QED) is 0.252. The zero-order chi connectivity index (χ0) is 25.2. The number of rotatable bonds is 0. The maximum absolute atomic E-state index is 13.6. The maximum atomic E-state index is 13.6. The highest BCUT2D eigenvalue weighted by Crippen LogP contribution is 2.23. The summed E-state index contributed by atoms with van der Waals surface area (Å²) in [6.45, 7) is 0. The van der Waals surface area contributed by atoms with Crippen LogP contribution in [0.5, 0.6) is 0 Å². The van der Waals surface area contributed by atoms with Crippen molar-refractivity contribution in [3.05, 3.63) is 97.5 Å². The van der Waals surface area contributed by atoms with E-state index in [0.717, 1.165) is 8.80 Å². The first-order valence-corrected chi connectivity index (χ1v) is 12.0. The van der Waals surface area contributed by atoms with Crippen LogP contribution in [0.3, 0.4) is 0 Å². The number of nitrogens with one attached hydrogen (secondary N) is 2. The largest absolute Gasteiger partial charge is 0.287 e. The normalized spacial score (nSPS) is 12.3. The van der Waals surface area contributed by atoms with E-state index >= 15 is 0 Å². The van der Waals surface area contributed by atoms with Gasteiger partial charge >= 0.3 is 0 Å². The van der Waals surface area contributed by atoms with Gasteiger partial charge < -0.3 is 0 Å². The maximum Gasteiger partial charge on any atom is 0.271 e. The van der Waals surface area contributed by atoms with Crippen molar-refractivity contribution in [3.8, 4) is 0 Å². The van der Waals surface area contributed by atoms with Crippen molar-refractivity contribution < 1.29 is 0 Å². The van der Waals surface area contributed by atoms with Crippen LogP contribution in [-0.2, 0) is 0 Å². The van der Waals surface area contributed by atoms with Crippen LogP contribution in [0.15, 0.2) is 64.5 Å². The van der Waals surface area contributed by atoms with E-state index in [1.165, 1.54) is 0 Å². The van der Waals surface area contributed by atoms with E-state index < -0.39 is 43.8 Å². The van der Waals surface area contributed by atoms with Crippen molar-refractivity contribution >= 4 is 86.5 Å². The fourth-order valence-electron chi connectivity index (χ4n) is 4.85. The third-order valence-electron chi connectivity index (χ3n) is 6.45. The molecule has 7 rings (SSSR count). The van der Waals surface area contributed by atoms with Crippen LogP contribution in [0.2, 0.25) is 0 Å². The van der Waals surface area contributed by atoms with Crippen LogP contribution in [0.25, 0.3) is 54.6 Å². The van der Waals surface area contributed by atoms with Gasteiger partial charge in [-0.3, -0.25) is 30.0 Å². The highest BCUT2D eigenvalue weighted by molar-refractivity contribution is 9.10. The molecule has 0 saturated carbocycles. The van der Waals surface area contributed by atoms with Crippen LogP contribution in [0, 0.1) is 10.8 Å². The van der Waals surface area contributed by atoms with Crippen LogP contribution in [-0.4, -0.2) is 18.8 Å². The number of nitrogens with zero attached hydrogens (tertiary/aromatic N) is 4. The molecule has 0 aliphatic carbocycles. The Morgan fingerprint density at radius 1 is 0.611 bits per heavy atom. The summed E-state index contributed by atoms with van der Waals surface area (Å²) in [6, 6.07) is 9.98. The van der Waals surface area contributed by atoms with Gasteiger partial charge in [0.2, 0.25) is 10.9 Å². The number of hydrogen-bond acceptors (Lipinski definition) is 8. The van der Waals surface area contributed by atoms with E-state index in [4.69, 9.17) is 10.8 Å². The van der Waals surface area contributed by atoms with E-state index in [1.54, 1.807) is 36.4 Å². The van der Waals surface area contributed by atoms with Gasteiger partial charge in [-0.15, -0.1) is 0 Å². The Balaban J connectivity index is 1.81. The summed E-state index contributed by atoms with van der Waals surface area (Å²) in [4.78, 5) is 62.8. The average molecular weight is 604 g/mol. The summed E-state index contributed by atoms with van der Waals surface area (Å²) in [6.07, 6.45) is 0. The molecule has 0 fully saturated rings. The van der Waals surface area contributed by atoms with Gasteiger partial charge in [0, 0.05) is 30.5 Å². The van der Waals surface area contributed by atoms with E-state index in [-0.39, 0.29) is 22.3 Å². The summed E-state index contributed by atoms with van der Waals surface area (Å²) in [5.41, 5.74) is -4.82. The van der Waals surface area contributed by atoms with Gasteiger partial charge in [-0.05, 0) is 36.4 Å². The van der Waals surface area contributed by atoms with E-state index in [0.29, 0.717) is 30.5 Å². The smallest absolute Gasteiger partial charge is 0.271 e. The molecule has 0 amide bonds. The molecule has 10 nitrogen and oxygen atoms in total. The van der Waals surface area contributed by atoms with Gasteiger partial charge in [-0.1, -0.05) is 31.9 Å². The summed E-state index contributed by atoms with van der Waals surface area (Å²) >= 11 is 6.70. The second kappa shape index (κ2) is 6.74. The van der Waals surface area contributed by atoms with Crippen molar-refractivity contribution in [1.82, 2.24) is 18.8 Å². The van der Waals surface area contributed by atoms with Gasteiger partial charge in [-0.25, -0.2) is 18.8 Å². The predicted octanol–water partition coefficient (Wildman–Crippen LogP) is 1.83. The molecule has 3 aromatic carbocycles. The van der Waals surface area contributed by atoms with Crippen LogP contribution < -0.4 is 33.0 Å².